The number of Topliss-reactive ketones (excluding diaryl/α,β-unsaturated/α-hetero) is 1. The summed E-state index contributed by atoms with van der Waals surface area (Å²) in [5.41, 5.74) is 0. The van der Waals surface area contributed by atoms with Crippen molar-refractivity contribution in [3.05, 3.63) is 25.3 Å². The van der Waals surface area contributed by atoms with Crippen LogP contribution in [0.15, 0.2) is 25.3 Å². The van der Waals surface area contributed by atoms with Crippen LogP contribution in [-0.4, -0.2) is 18.0 Å². The van der Waals surface area contributed by atoms with Gasteiger partial charge in [-0.25, -0.2) is 0 Å². The van der Waals surface area contributed by atoms with Gasteiger partial charge < -0.3 is 4.74 Å². The monoisotopic (exact) mass is 152 g/mol. The highest BCUT2D eigenvalue weighted by atomic mass is 16.5. The lowest BCUT2D eigenvalue weighted by Gasteiger charge is -2.24. The van der Waals surface area contributed by atoms with Crippen LogP contribution >= 0.6 is 0 Å². The largest absolute Gasteiger partial charge is 0.366 e. The summed E-state index contributed by atoms with van der Waals surface area (Å²) >= 11 is 0. The van der Waals surface area contributed by atoms with Crippen molar-refractivity contribution < 1.29 is 9.53 Å². The first kappa shape index (κ1) is 8.21. The maximum atomic E-state index is 11.0. The number of ether oxygens (including phenoxy) is 1. The Labute approximate surface area is 66.5 Å². The fraction of sp³-hybridized carbons (Fsp3) is 0.444. The fourth-order valence-electron chi connectivity index (χ4n) is 1.13. The number of rotatable bonds is 2. The zero-order valence-corrected chi connectivity index (χ0v) is 6.45. The van der Waals surface area contributed by atoms with Crippen molar-refractivity contribution in [1.29, 1.82) is 0 Å². The van der Waals surface area contributed by atoms with E-state index in [1.165, 1.54) is 0 Å². The molecule has 0 spiro atoms. The zero-order valence-electron chi connectivity index (χ0n) is 6.45. The van der Waals surface area contributed by atoms with Crippen LogP contribution < -0.4 is 0 Å². The standard InChI is InChI=1S/C9H12O2/c1-3-8-5-7(10)6-9(4-2)11-8/h3-4,8-9H,1-2,5-6H2/t8-,9+. The Kier molecular flexibility index (Phi) is 2.60. The van der Waals surface area contributed by atoms with Crippen LogP contribution in [0.2, 0.25) is 0 Å². The first-order valence-electron chi connectivity index (χ1n) is 3.68. The van der Waals surface area contributed by atoms with E-state index in [-0.39, 0.29) is 18.0 Å². The lowest BCUT2D eigenvalue weighted by Crippen LogP contribution is -2.30. The molecule has 0 aliphatic carbocycles. The molecule has 0 aromatic heterocycles. The molecule has 1 heterocycles. The summed E-state index contributed by atoms with van der Waals surface area (Å²) < 4.78 is 5.40. The highest BCUT2D eigenvalue weighted by Gasteiger charge is 2.23. The van der Waals surface area contributed by atoms with Gasteiger partial charge in [-0.2, -0.15) is 0 Å². The van der Waals surface area contributed by atoms with Crippen LogP contribution in [0.3, 0.4) is 0 Å². The molecule has 2 atom stereocenters. The zero-order chi connectivity index (χ0) is 8.27. The number of ketones is 1. The van der Waals surface area contributed by atoms with Gasteiger partial charge in [0.2, 0.25) is 0 Å². The van der Waals surface area contributed by atoms with Gasteiger partial charge in [-0.05, 0) is 0 Å². The molecule has 0 amide bonds. The molecule has 0 bridgehead atoms. The molecule has 0 radical (unpaired) electrons. The van der Waals surface area contributed by atoms with Crippen LogP contribution in [0.5, 0.6) is 0 Å². The van der Waals surface area contributed by atoms with Crippen LogP contribution in [0.25, 0.3) is 0 Å². The van der Waals surface area contributed by atoms with E-state index in [9.17, 15) is 4.79 Å². The molecule has 1 aliphatic heterocycles. The summed E-state index contributed by atoms with van der Waals surface area (Å²) in [6, 6.07) is 0. The maximum Gasteiger partial charge on any atom is 0.138 e. The quantitative estimate of drug-likeness (QED) is 0.560. The summed E-state index contributed by atoms with van der Waals surface area (Å²) in [6.07, 6.45) is 4.03. The van der Waals surface area contributed by atoms with Crippen molar-refractivity contribution in [3.8, 4) is 0 Å². The predicted octanol–water partition coefficient (Wildman–Crippen LogP) is 1.48. The average molecular weight is 152 g/mol. The molecule has 60 valence electrons. The summed E-state index contributed by atoms with van der Waals surface area (Å²) in [5, 5.41) is 0. The molecule has 0 aromatic carbocycles. The Bertz CT molecular complexity index is 166. The van der Waals surface area contributed by atoms with Crippen LogP contribution in [0, 0.1) is 0 Å². The summed E-state index contributed by atoms with van der Waals surface area (Å²) in [6.45, 7) is 7.15. The predicted molar refractivity (Wildman–Crippen MR) is 43.3 cm³/mol. The SMILES string of the molecule is C=C[C@@H]1CC(=O)C[C@H](C=C)O1. The lowest BCUT2D eigenvalue weighted by molar-refractivity contribution is -0.129. The summed E-state index contributed by atoms with van der Waals surface area (Å²) in [5.74, 6) is 0.228. The maximum absolute atomic E-state index is 11.0. The van der Waals surface area contributed by atoms with Crippen LogP contribution in [0.1, 0.15) is 12.8 Å². The Morgan fingerprint density at radius 1 is 1.27 bits per heavy atom. The van der Waals surface area contributed by atoms with Crippen molar-refractivity contribution in [2.45, 2.75) is 25.0 Å². The van der Waals surface area contributed by atoms with Gasteiger partial charge in [-0.15, -0.1) is 13.2 Å². The Balaban J connectivity index is 2.56. The van der Waals surface area contributed by atoms with Crippen molar-refractivity contribution in [3.63, 3.8) is 0 Å². The highest BCUT2D eigenvalue weighted by molar-refractivity contribution is 5.80. The van der Waals surface area contributed by atoms with Gasteiger partial charge in [0.15, 0.2) is 0 Å². The third kappa shape index (κ3) is 2.02. The lowest BCUT2D eigenvalue weighted by atomic mass is 10.0. The Morgan fingerprint density at radius 2 is 1.73 bits per heavy atom. The van der Waals surface area contributed by atoms with Gasteiger partial charge in [0.05, 0.1) is 12.2 Å². The fourth-order valence-corrected chi connectivity index (χ4v) is 1.13. The van der Waals surface area contributed by atoms with E-state index in [2.05, 4.69) is 13.2 Å². The minimum absolute atomic E-state index is 0.112. The molecule has 1 rings (SSSR count). The van der Waals surface area contributed by atoms with E-state index in [1.807, 2.05) is 0 Å². The van der Waals surface area contributed by atoms with E-state index in [0.717, 1.165) is 0 Å². The number of carbonyl (C=O) groups is 1. The molecule has 0 N–H and O–H groups in total. The van der Waals surface area contributed by atoms with Gasteiger partial charge >= 0.3 is 0 Å². The van der Waals surface area contributed by atoms with Gasteiger partial charge in [0.25, 0.3) is 0 Å². The minimum atomic E-state index is -0.112. The molecule has 11 heavy (non-hydrogen) atoms. The van der Waals surface area contributed by atoms with E-state index < -0.39 is 0 Å². The first-order chi connectivity index (χ1) is 5.26. The first-order valence-corrected chi connectivity index (χ1v) is 3.68. The van der Waals surface area contributed by atoms with Crippen molar-refractivity contribution >= 4 is 5.78 Å². The summed E-state index contributed by atoms with van der Waals surface area (Å²) in [7, 11) is 0. The highest BCUT2D eigenvalue weighted by Crippen LogP contribution is 2.17. The van der Waals surface area contributed by atoms with Gasteiger partial charge in [-0.3, -0.25) is 4.79 Å². The molecular weight excluding hydrogens is 140 g/mol. The van der Waals surface area contributed by atoms with Crippen molar-refractivity contribution in [2.75, 3.05) is 0 Å². The number of hydrogen-bond donors (Lipinski definition) is 0. The topological polar surface area (TPSA) is 26.3 Å². The third-order valence-corrected chi connectivity index (χ3v) is 1.73. The molecule has 0 unspecified atom stereocenters. The van der Waals surface area contributed by atoms with Gasteiger partial charge in [0.1, 0.15) is 5.78 Å². The van der Waals surface area contributed by atoms with Crippen molar-refractivity contribution in [2.24, 2.45) is 0 Å². The van der Waals surface area contributed by atoms with E-state index >= 15 is 0 Å². The molecule has 2 heteroatoms. The van der Waals surface area contributed by atoms with E-state index in [4.69, 9.17) is 4.74 Å². The van der Waals surface area contributed by atoms with Crippen LogP contribution in [-0.2, 0) is 9.53 Å². The summed E-state index contributed by atoms with van der Waals surface area (Å²) in [4.78, 5) is 11.0. The van der Waals surface area contributed by atoms with Gasteiger partial charge in [0, 0.05) is 12.8 Å². The smallest absolute Gasteiger partial charge is 0.138 e. The molecule has 1 fully saturated rings. The Morgan fingerprint density at radius 3 is 2.09 bits per heavy atom. The second kappa shape index (κ2) is 3.49. The van der Waals surface area contributed by atoms with Crippen molar-refractivity contribution in [1.82, 2.24) is 0 Å². The molecule has 2 nitrogen and oxygen atoms in total. The molecule has 1 aliphatic rings. The number of carbonyl (C=O) groups excluding carboxylic acids is 1. The molecule has 0 saturated carbocycles. The normalized spacial score (nSPS) is 31.5. The second-order valence-electron chi connectivity index (χ2n) is 2.63. The third-order valence-electron chi connectivity index (χ3n) is 1.73. The van der Waals surface area contributed by atoms with Gasteiger partial charge in [-0.1, -0.05) is 12.2 Å². The molecular formula is C9H12O2. The molecule has 1 saturated heterocycles. The second-order valence-corrected chi connectivity index (χ2v) is 2.63. The van der Waals surface area contributed by atoms with E-state index in [0.29, 0.717) is 12.8 Å². The molecule has 0 aromatic rings. The Hall–Kier alpha value is -0.890. The van der Waals surface area contributed by atoms with E-state index in [1.54, 1.807) is 12.2 Å². The van der Waals surface area contributed by atoms with Crippen LogP contribution in [0.4, 0.5) is 0 Å². The average Bonchev–Trinajstić information content (AvgIpc) is 2.03. The minimum Gasteiger partial charge on any atom is -0.366 e. The number of hydrogen-bond acceptors (Lipinski definition) is 2.